The number of aliphatic carboxylic acids is 1. The van der Waals surface area contributed by atoms with E-state index >= 15 is 0 Å². The summed E-state index contributed by atoms with van der Waals surface area (Å²) in [6.07, 6.45) is 0.325. The van der Waals surface area contributed by atoms with Crippen molar-refractivity contribution in [3.63, 3.8) is 0 Å². The molecule has 118 valence electrons. The lowest BCUT2D eigenvalue weighted by Crippen LogP contribution is -2.49. The third kappa shape index (κ3) is 3.59. The molecule has 1 aliphatic rings. The molecule has 2 N–H and O–H groups in total. The maximum Gasteiger partial charge on any atom is 0.330 e. The van der Waals surface area contributed by atoms with Gasteiger partial charge in [0.1, 0.15) is 6.04 Å². The van der Waals surface area contributed by atoms with Crippen LogP contribution in [0.1, 0.15) is 24.9 Å². The zero-order valence-electron chi connectivity index (χ0n) is 12.2. The molecule has 0 saturated carbocycles. The summed E-state index contributed by atoms with van der Waals surface area (Å²) in [5, 5.41) is 11.9. The molecule has 2 rings (SSSR count). The Balaban J connectivity index is 2.12. The monoisotopic (exact) mass is 322 g/mol. The SMILES string of the molecule is CCC(=O)N1CSCC1C(=O)NC(C(=O)O)c1ccccc1. The molecule has 0 spiro atoms. The van der Waals surface area contributed by atoms with Gasteiger partial charge in [-0.1, -0.05) is 37.3 Å². The number of carboxylic acids is 1. The summed E-state index contributed by atoms with van der Waals surface area (Å²) in [4.78, 5) is 37.1. The van der Waals surface area contributed by atoms with E-state index in [0.29, 0.717) is 23.6 Å². The number of hydrogen-bond donors (Lipinski definition) is 2. The molecule has 0 aromatic heterocycles. The van der Waals surface area contributed by atoms with Crippen LogP contribution in [0.4, 0.5) is 0 Å². The molecule has 2 unspecified atom stereocenters. The van der Waals surface area contributed by atoms with Crippen LogP contribution in [0.3, 0.4) is 0 Å². The minimum Gasteiger partial charge on any atom is -0.479 e. The van der Waals surface area contributed by atoms with Gasteiger partial charge in [-0.3, -0.25) is 9.59 Å². The van der Waals surface area contributed by atoms with Gasteiger partial charge in [0.05, 0.1) is 5.88 Å². The van der Waals surface area contributed by atoms with Crippen molar-refractivity contribution in [3.05, 3.63) is 35.9 Å². The van der Waals surface area contributed by atoms with Gasteiger partial charge in [-0.05, 0) is 5.56 Å². The van der Waals surface area contributed by atoms with E-state index in [4.69, 9.17) is 0 Å². The van der Waals surface area contributed by atoms with Crippen molar-refractivity contribution in [3.8, 4) is 0 Å². The van der Waals surface area contributed by atoms with Crippen LogP contribution in [0.2, 0.25) is 0 Å². The Morgan fingerprint density at radius 2 is 2.05 bits per heavy atom. The van der Waals surface area contributed by atoms with Crippen molar-refractivity contribution >= 4 is 29.5 Å². The highest BCUT2D eigenvalue weighted by Gasteiger charge is 2.35. The molecule has 1 heterocycles. The number of nitrogens with zero attached hydrogens (tertiary/aromatic N) is 1. The van der Waals surface area contributed by atoms with E-state index in [1.54, 1.807) is 37.3 Å². The fourth-order valence-electron chi connectivity index (χ4n) is 2.28. The smallest absolute Gasteiger partial charge is 0.330 e. The Bertz CT molecular complexity index is 564. The Labute approximate surface area is 132 Å². The minimum absolute atomic E-state index is 0.100. The second-order valence-electron chi connectivity index (χ2n) is 4.92. The minimum atomic E-state index is -1.13. The summed E-state index contributed by atoms with van der Waals surface area (Å²) in [5.41, 5.74) is 0.502. The Hall–Kier alpha value is -2.02. The van der Waals surface area contributed by atoms with Crippen LogP contribution < -0.4 is 5.32 Å². The number of carboxylic acid groups (broad SMARTS) is 1. The molecule has 1 fully saturated rings. The molecule has 2 amide bonds. The molecule has 2 atom stereocenters. The molecular weight excluding hydrogens is 304 g/mol. The molecule has 0 radical (unpaired) electrons. The summed E-state index contributed by atoms with van der Waals surface area (Å²) < 4.78 is 0. The predicted molar refractivity (Wildman–Crippen MR) is 83.2 cm³/mol. The van der Waals surface area contributed by atoms with E-state index in [-0.39, 0.29) is 5.91 Å². The van der Waals surface area contributed by atoms with Crippen molar-refractivity contribution in [1.29, 1.82) is 0 Å². The van der Waals surface area contributed by atoms with Gasteiger partial charge in [0.2, 0.25) is 11.8 Å². The van der Waals surface area contributed by atoms with Crippen molar-refractivity contribution in [1.82, 2.24) is 10.2 Å². The molecule has 1 aromatic carbocycles. The number of rotatable bonds is 5. The van der Waals surface area contributed by atoms with Gasteiger partial charge < -0.3 is 15.3 Å². The Kier molecular flexibility index (Phi) is 5.43. The number of nitrogens with one attached hydrogen (secondary N) is 1. The quantitative estimate of drug-likeness (QED) is 0.852. The molecule has 7 heteroatoms. The Morgan fingerprint density at radius 3 is 2.64 bits per heavy atom. The highest BCUT2D eigenvalue weighted by Crippen LogP contribution is 2.23. The van der Waals surface area contributed by atoms with Crippen LogP contribution in [-0.4, -0.2) is 45.5 Å². The molecule has 1 saturated heterocycles. The molecule has 1 aliphatic heterocycles. The fourth-order valence-corrected chi connectivity index (χ4v) is 3.46. The summed E-state index contributed by atoms with van der Waals surface area (Å²) in [7, 11) is 0. The molecule has 6 nitrogen and oxygen atoms in total. The maximum absolute atomic E-state index is 12.4. The standard InChI is InChI=1S/C15H18N2O4S/c1-2-12(18)17-9-22-8-11(17)14(19)16-13(15(20)21)10-6-4-3-5-7-10/h3-7,11,13H,2,8-9H2,1H3,(H,16,19)(H,20,21). The van der Waals surface area contributed by atoms with Crippen LogP contribution in [0.15, 0.2) is 30.3 Å². The number of hydrogen-bond acceptors (Lipinski definition) is 4. The lowest BCUT2D eigenvalue weighted by atomic mass is 10.1. The molecule has 1 aromatic rings. The van der Waals surface area contributed by atoms with Gasteiger partial charge in [-0.2, -0.15) is 0 Å². The third-order valence-corrected chi connectivity index (χ3v) is 4.49. The molecule has 0 bridgehead atoms. The lowest BCUT2D eigenvalue weighted by molar-refractivity contribution is -0.143. The van der Waals surface area contributed by atoms with Gasteiger partial charge in [0.25, 0.3) is 0 Å². The first-order chi connectivity index (χ1) is 10.5. The predicted octanol–water partition coefficient (Wildman–Crippen LogP) is 1.24. The van der Waals surface area contributed by atoms with E-state index in [0.717, 1.165) is 0 Å². The largest absolute Gasteiger partial charge is 0.479 e. The highest BCUT2D eigenvalue weighted by atomic mass is 32.2. The van der Waals surface area contributed by atoms with E-state index in [1.165, 1.54) is 16.7 Å². The summed E-state index contributed by atoms with van der Waals surface area (Å²) in [6.45, 7) is 1.74. The first-order valence-electron chi connectivity index (χ1n) is 7.00. The summed E-state index contributed by atoms with van der Waals surface area (Å²) in [5.74, 6) is -0.703. The van der Waals surface area contributed by atoms with Crippen LogP contribution in [0.5, 0.6) is 0 Å². The number of carbonyl (C=O) groups is 3. The van der Waals surface area contributed by atoms with Gasteiger partial charge in [0, 0.05) is 12.2 Å². The number of carbonyl (C=O) groups excluding carboxylic acids is 2. The average molecular weight is 322 g/mol. The first-order valence-corrected chi connectivity index (χ1v) is 8.15. The van der Waals surface area contributed by atoms with Crippen LogP contribution in [0, 0.1) is 0 Å². The van der Waals surface area contributed by atoms with Crippen LogP contribution >= 0.6 is 11.8 Å². The molecule has 0 aliphatic carbocycles. The average Bonchev–Trinajstić information content (AvgIpc) is 3.01. The zero-order chi connectivity index (χ0) is 16.1. The highest BCUT2D eigenvalue weighted by molar-refractivity contribution is 7.99. The zero-order valence-corrected chi connectivity index (χ0v) is 13.0. The molecule has 22 heavy (non-hydrogen) atoms. The second-order valence-corrected chi connectivity index (χ2v) is 5.92. The van der Waals surface area contributed by atoms with Crippen molar-refractivity contribution < 1.29 is 19.5 Å². The second kappa shape index (κ2) is 7.31. The van der Waals surface area contributed by atoms with E-state index in [1.807, 2.05) is 0 Å². The van der Waals surface area contributed by atoms with Gasteiger partial charge >= 0.3 is 5.97 Å². The van der Waals surface area contributed by atoms with Crippen molar-refractivity contribution in [2.45, 2.75) is 25.4 Å². The maximum atomic E-state index is 12.4. The Morgan fingerprint density at radius 1 is 1.36 bits per heavy atom. The third-order valence-electron chi connectivity index (χ3n) is 3.47. The van der Waals surface area contributed by atoms with E-state index in [2.05, 4.69) is 5.32 Å². The lowest BCUT2D eigenvalue weighted by Gasteiger charge is -2.24. The first kappa shape index (κ1) is 16.4. The van der Waals surface area contributed by atoms with Gasteiger partial charge in [-0.25, -0.2) is 4.79 Å². The fraction of sp³-hybridized carbons (Fsp3) is 0.400. The normalized spacial score (nSPS) is 18.8. The van der Waals surface area contributed by atoms with Crippen LogP contribution in [0.25, 0.3) is 0 Å². The number of benzene rings is 1. The van der Waals surface area contributed by atoms with E-state index in [9.17, 15) is 19.5 Å². The van der Waals surface area contributed by atoms with E-state index < -0.39 is 24.0 Å². The van der Waals surface area contributed by atoms with Gasteiger partial charge in [-0.15, -0.1) is 11.8 Å². The van der Waals surface area contributed by atoms with Crippen molar-refractivity contribution in [2.75, 3.05) is 11.6 Å². The summed E-state index contributed by atoms with van der Waals surface area (Å²) >= 11 is 1.49. The van der Waals surface area contributed by atoms with Crippen molar-refractivity contribution in [2.24, 2.45) is 0 Å². The topological polar surface area (TPSA) is 86.7 Å². The van der Waals surface area contributed by atoms with Crippen LogP contribution in [-0.2, 0) is 14.4 Å². The number of thioether (sulfide) groups is 1. The number of amides is 2. The van der Waals surface area contributed by atoms with Gasteiger partial charge in [0.15, 0.2) is 6.04 Å². The molecular formula is C15H18N2O4S. The summed E-state index contributed by atoms with van der Waals surface area (Å²) in [6, 6.07) is 6.79.